The van der Waals surface area contributed by atoms with Gasteiger partial charge >= 0.3 is 0 Å². The fourth-order valence-corrected chi connectivity index (χ4v) is 2.96. The van der Waals surface area contributed by atoms with Crippen molar-refractivity contribution in [3.05, 3.63) is 48.1 Å². The van der Waals surface area contributed by atoms with E-state index in [9.17, 15) is 9.59 Å². The van der Waals surface area contributed by atoms with Gasteiger partial charge in [0, 0.05) is 31.8 Å². The molecule has 1 aliphatic rings. The molecular formula is C16H18N4O3. The molecular weight excluding hydrogens is 296 g/mol. The molecule has 0 spiro atoms. The van der Waals surface area contributed by atoms with Crippen LogP contribution in [-0.4, -0.2) is 46.5 Å². The average Bonchev–Trinajstić information content (AvgIpc) is 3.22. The summed E-state index contributed by atoms with van der Waals surface area (Å²) in [5, 5.41) is 6.49. The van der Waals surface area contributed by atoms with Crippen molar-refractivity contribution in [3.8, 4) is 0 Å². The lowest BCUT2D eigenvalue weighted by molar-refractivity contribution is -0.131. The van der Waals surface area contributed by atoms with E-state index in [1.165, 1.54) is 13.3 Å². The zero-order chi connectivity index (χ0) is 16.2. The molecule has 0 radical (unpaired) electrons. The summed E-state index contributed by atoms with van der Waals surface area (Å²) in [5.74, 6) is 0.375. The second kappa shape index (κ2) is 6.60. The largest absolute Gasteiger partial charge is 0.347 e. The van der Waals surface area contributed by atoms with Gasteiger partial charge in [-0.2, -0.15) is 4.98 Å². The van der Waals surface area contributed by atoms with Crippen molar-refractivity contribution in [2.75, 3.05) is 19.6 Å². The Balaban J connectivity index is 1.79. The summed E-state index contributed by atoms with van der Waals surface area (Å²) in [6.45, 7) is 2.49. The van der Waals surface area contributed by atoms with Crippen LogP contribution in [0.3, 0.4) is 0 Å². The summed E-state index contributed by atoms with van der Waals surface area (Å²) in [6.07, 6.45) is 1.30. The van der Waals surface area contributed by atoms with Gasteiger partial charge in [-0.1, -0.05) is 35.5 Å². The molecule has 2 heterocycles. The number of carbonyl (C=O) groups excluding carboxylic acids is 2. The summed E-state index contributed by atoms with van der Waals surface area (Å²) >= 11 is 0. The number of hydrogen-bond donors (Lipinski definition) is 1. The Labute approximate surface area is 133 Å². The molecule has 0 aliphatic carbocycles. The molecule has 1 N–H and O–H groups in total. The summed E-state index contributed by atoms with van der Waals surface area (Å²) in [7, 11) is 0. The molecule has 0 bridgehead atoms. The van der Waals surface area contributed by atoms with Crippen LogP contribution >= 0.6 is 0 Å². The normalized spacial score (nSPS) is 20.5. The van der Waals surface area contributed by atoms with E-state index in [0.29, 0.717) is 18.9 Å². The summed E-state index contributed by atoms with van der Waals surface area (Å²) in [4.78, 5) is 29.2. The molecule has 2 amide bonds. The van der Waals surface area contributed by atoms with Crippen molar-refractivity contribution in [1.82, 2.24) is 20.4 Å². The van der Waals surface area contributed by atoms with E-state index < -0.39 is 0 Å². The molecule has 1 aromatic carbocycles. The van der Waals surface area contributed by atoms with Gasteiger partial charge in [0.05, 0.1) is 6.54 Å². The molecule has 1 fully saturated rings. The molecule has 0 saturated carbocycles. The van der Waals surface area contributed by atoms with Crippen LogP contribution in [0.25, 0.3) is 0 Å². The highest BCUT2D eigenvalue weighted by molar-refractivity contribution is 5.84. The number of carbonyl (C=O) groups is 2. The van der Waals surface area contributed by atoms with Crippen molar-refractivity contribution in [3.63, 3.8) is 0 Å². The van der Waals surface area contributed by atoms with Gasteiger partial charge < -0.3 is 14.7 Å². The molecule has 3 rings (SSSR count). The lowest BCUT2D eigenvalue weighted by atomic mass is 9.88. The van der Waals surface area contributed by atoms with E-state index in [1.54, 1.807) is 4.90 Å². The Morgan fingerprint density at radius 1 is 1.26 bits per heavy atom. The lowest BCUT2D eigenvalue weighted by Crippen LogP contribution is -2.38. The van der Waals surface area contributed by atoms with Gasteiger partial charge in [-0.05, 0) is 5.56 Å². The summed E-state index contributed by atoms with van der Waals surface area (Å²) in [6, 6.07) is 10.00. The molecule has 1 aliphatic heterocycles. The van der Waals surface area contributed by atoms with Gasteiger partial charge in [0.25, 0.3) is 0 Å². The lowest BCUT2D eigenvalue weighted by Gasteiger charge is -2.16. The smallest absolute Gasteiger partial charge is 0.242 e. The third-order valence-electron chi connectivity index (χ3n) is 4.10. The maximum Gasteiger partial charge on any atom is 0.242 e. The Bertz CT molecular complexity index is 672. The average molecular weight is 314 g/mol. The summed E-state index contributed by atoms with van der Waals surface area (Å²) < 4.78 is 4.86. The zero-order valence-corrected chi connectivity index (χ0v) is 12.8. The Morgan fingerprint density at radius 3 is 2.65 bits per heavy atom. The highest BCUT2D eigenvalue weighted by Crippen LogP contribution is 2.38. The van der Waals surface area contributed by atoms with Crippen LogP contribution in [0.4, 0.5) is 0 Å². The second-order valence-corrected chi connectivity index (χ2v) is 5.62. The first-order chi connectivity index (χ1) is 11.1. The number of aromatic nitrogens is 2. The molecule has 1 saturated heterocycles. The monoisotopic (exact) mass is 314 g/mol. The number of likely N-dealkylation sites (tertiary alicyclic amines) is 1. The van der Waals surface area contributed by atoms with Crippen LogP contribution in [0.2, 0.25) is 0 Å². The van der Waals surface area contributed by atoms with E-state index >= 15 is 0 Å². The molecule has 7 heteroatoms. The topological polar surface area (TPSA) is 88.3 Å². The van der Waals surface area contributed by atoms with Crippen LogP contribution in [0.5, 0.6) is 0 Å². The van der Waals surface area contributed by atoms with Crippen molar-refractivity contribution >= 4 is 11.8 Å². The fraction of sp³-hybridized carbons (Fsp3) is 0.375. The standard InChI is InChI=1S/C16H18N4O3/c1-11(21)17-7-15(22)20-8-13(12-5-3-2-4-6-12)14(9-20)16-18-10-23-19-16/h2-6,10,13-14H,7-9H2,1H3,(H,17,21)/t13-,14-/m0/s1. The molecule has 2 aromatic rings. The van der Waals surface area contributed by atoms with Crippen molar-refractivity contribution < 1.29 is 14.1 Å². The van der Waals surface area contributed by atoms with E-state index in [2.05, 4.69) is 15.5 Å². The molecule has 2 atom stereocenters. The SMILES string of the molecule is CC(=O)NCC(=O)N1C[C@H](c2ncon2)[C@H](c2ccccc2)C1. The zero-order valence-electron chi connectivity index (χ0n) is 12.8. The minimum atomic E-state index is -0.216. The van der Waals surface area contributed by atoms with Crippen LogP contribution in [0, 0.1) is 0 Å². The number of benzene rings is 1. The number of nitrogens with zero attached hydrogens (tertiary/aromatic N) is 3. The fourth-order valence-electron chi connectivity index (χ4n) is 2.96. The number of amides is 2. The van der Waals surface area contributed by atoms with Gasteiger partial charge in [-0.15, -0.1) is 0 Å². The van der Waals surface area contributed by atoms with Gasteiger partial charge in [0.2, 0.25) is 18.2 Å². The number of hydrogen-bond acceptors (Lipinski definition) is 5. The van der Waals surface area contributed by atoms with Gasteiger partial charge in [-0.25, -0.2) is 0 Å². The van der Waals surface area contributed by atoms with Crippen molar-refractivity contribution in [1.29, 1.82) is 0 Å². The minimum Gasteiger partial charge on any atom is -0.347 e. The Kier molecular flexibility index (Phi) is 4.36. The van der Waals surface area contributed by atoms with Gasteiger partial charge in [0.15, 0.2) is 5.82 Å². The number of nitrogens with one attached hydrogen (secondary N) is 1. The first-order valence-corrected chi connectivity index (χ1v) is 7.48. The maximum atomic E-state index is 12.3. The highest BCUT2D eigenvalue weighted by atomic mass is 16.5. The minimum absolute atomic E-state index is 0.00973. The second-order valence-electron chi connectivity index (χ2n) is 5.62. The Hall–Kier alpha value is -2.70. The third-order valence-corrected chi connectivity index (χ3v) is 4.10. The molecule has 7 nitrogen and oxygen atoms in total. The van der Waals surface area contributed by atoms with E-state index in [1.807, 2.05) is 30.3 Å². The van der Waals surface area contributed by atoms with E-state index in [-0.39, 0.29) is 30.2 Å². The predicted molar refractivity (Wildman–Crippen MR) is 81.5 cm³/mol. The van der Waals surface area contributed by atoms with Crippen LogP contribution in [-0.2, 0) is 9.59 Å². The molecule has 0 unspecified atom stereocenters. The first-order valence-electron chi connectivity index (χ1n) is 7.48. The first kappa shape index (κ1) is 15.2. The van der Waals surface area contributed by atoms with E-state index in [4.69, 9.17) is 4.52 Å². The molecule has 1 aromatic heterocycles. The Morgan fingerprint density at radius 2 is 2.00 bits per heavy atom. The van der Waals surface area contributed by atoms with Crippen LogP contribution < -0.4 is 5.32 Å². The van der Waals surface area contributed by atoms with Crippen molar-refractivity contribution in [2.24, 2.45) is 0 Å². The predicted octanol–water partition coefficient (Wildman–Crippen LogP) is 0.915. The van der Waals surface area contributed by atoms with Crippen molar-refractivity contribution in [2.45, 2.75) is 18.8 Å². The quantitative estimate of drug-likeness (QED) is 0.906. The molecule has 23 heavy (non-hydrogen) atoms. The van der Waals surface area contributed by atoms with E-state index in [0.717, 1.165) is 5.56 Å². The third kappa shape index (κ3) is 3.39. The van der Waals surface area contributed by atoms with Gasteiger partial charge in [0.1, 0.15) is 0 Å². The van der Waals surface area contributed by atoms with Crippen LogP contribution in [0.1, 0.15) is 30.1 Å². The highest BCUT2D eigenvalue weighted by Gasteiger charge is 2.39. The number of rotatable bonds is 4. The maximum absolute atomic E-state index is 12.3. The summed E-state index contributed by atoms with van der Waals surface area (Å²) in [5.41, 5.74) is 1.14. The van der Waals surface area contributed by atoms with Crippen LogP contribution in [0.15, 0.2) is 41.2 Å². The molecule has 120 valence electrons. The van der Waals surface area contributed by atoms with Gasteiger partial charge in [-0.3, -0.25) is 9.59 Å².